The molecule has 7 heteroatoms. The van der Waals surface area contributed by atoms with Gasteiger partial charge >= 0.3 is 0 Å². The Morgan fingerprint density at radius 3 is 2.19 bits per heavy atom. The van der Waals surface area contributed by atoms with Gasteiger partial charge in [0, 0.05) is 5.56 Å². The Labute approximate surface area is 121 Å². The predicted molar refractivity (Wildman–Crippen MR) is 72.6 cm³/mol. The Morgan fingerprint density at radius 1 is 1.19 bits per heavy atom. The van der Waals surface area contributed by atoms with Gasteiger partial charge in [-0.15, -0.1) is 0 Å². The topological polar surface area (TPSA) is 55.4 Å². The number of sulfone groups is 1. The van der Waals surface area contributed by atoms with Crippen molar-refractivity contribution in [2.75, 3.05) is 0 Å². The van der Waals surface area contributed by atoms with Crippen LogP contribution in [0.3, 0.4) is 0 Å². The van der Waals surface area contributed by atoms with Crippen LogP contribution in [0.5, 0.6) is 0 Å². The Morgan fingerprint density at radius 2 is 1.76 bits per heavy atom. The summed E-state index contributed by atoms with van der Waals surface area (Å²) in [5.41, 5.74) is 1.21. The molecule has 1 aromatic rings. The minimum atomic E-state index is -3.95. The molecule has 1 fully saturated rings. The first-order chi connectivity index (χ1) is 9.70. The lowest BCUT2D eigenvalue weighted by atomic mass is 10.1. The lowest BCUT2D eigenvalue weighted by molar-refractivity contribution is -0.0130. The average molecular weight is 315 g/mol. The second-order valence-corrected chi connectivity index (χ2v) is 8.14. The van der Waals surface area contributed by atoms with Crippen molar-refractivity contribution in [3.8, 4) is 0 Å². The number of hydrogen-bond donors (Lipinski definition) is 1. The summed E-state index contributed by atoms with van der Waals surface area (Å²) in [5, 5.41) is -0.132. The van der Waals surface area contributed by atoms with Gasteiger partial charge in [0.15, 0.2) is 5.03 Å². The molecule has 0 bridgehead atoms. The molecule has 3 rings (SSSR count). The molecule has 21 heavy (non-hydrogen) atoms. The summed E-state index contributed by atoms with van der Waals surface area (Å²) in [6.45, 7) is 3.37. The number of hydroxylamine groups is 1. The second kappa shape index (κ2) is 4.27. The molecule has 0 amide bonds. The summed E-state index contributed by atoms with van der Waals surface area (Å²) in [6.07, 6.45) is 1.79. The Kier molecular flexibility index (Phi) is 2.94. The number of benzene rings is 1. The highest BCUT2D eigenvalue weighted by molar-refractivity contribution is 7.96. The second-order valence-electron chi connectivity index (χ2n) is 5.91. The van der Waals surface area contributed by atoms with E-state index in [0.29, 0.717) is 0 Å². The van der Waals surface area contributed by atoms with Crippen LogP contribution < -0.4 is 5.48 Å². The van der Waals surface area contributed by atoms with Crippen LogP contribution in [0.25, 0.3) is 0 Å². The molecule has 2 aliphatic rings. The Balaban J connectivity index is 2.12. The van der Waals surface area contributed by atoms with Crippen LogP contribution in [0.2, 0.25) is 0 Å². The molecule has 1 aliphatic carbocycles. The summed E-state index contributed by atoms with van der Waals surface area (Å²) >= 11 is 0. The summed E-state index contributed by atoms with van der Waals surface area (Å²) in [7, 11) is -3.95. The molecule has 114 valence electrons. The molecular weight excluding hydrogens is 300 g/mol. The third-order valence-corrected chi connectivity index (χ3v) is 6.24. The van der Waals surface area contributed by atoms with E-state index < -0.39 is 31.8 Å². The first kappa shape index (κ1) is 14.5. The quantitative estimate of drug-likeness (QED) is 0.931. The third kappa shape index (κ3) is 2.06. The summed E-state index contributed by atoms with van der Waals surface area (Å²) < 4.78 is 52.0. The SMILES string of the molecule is CC1(C)C=C(S(=O)(=O)C2(c3c(F)cccc3F)CC2)NO1. The third-order valence-electron chi connectivity index (χ3n) is 3.82. The van der Waals surface area contributed by atoms with Gasteiger partial charge in [0.2, 0.25) is 9.84 Å². The molecule has 0 spiro atoms. The normalized spacial score (nSPS) is 22.6. The van der Waals surface area contributed by atoms with Gasteiger partial charge in [0.1, 0.15) is 22.0 Å². The van der Waals surface area contributed by atoms with Gasteiger partial charge in [0.25, 0.3) is 0 Å². The number of halogens is 2. The molecule has 1 N–H and O–H groups in total. The van der Waals surface area contributed by atoms with E-state index in [1.165, 1.54) is 12.1 Å². The van der Waals surface area contributed by atoms with Gasteiger partial charge in [-0.25, -0.2) is 17.2 Å². The predicted octanol–water partition coefficient (Wildman–Crippen LogP) is 2.52. The van der Waals surface area contributed by atoms with Crippen LogP contribution in [0, 0.1) is 11.6 Å². The van der Waals surface area contributed by atoms with Gasteiger partial charge < -0.3 is 0 Å². The van der Waals surface area contributed by atoms with E-state index in [0.717, 1.165) is 12.1 Å². The number of nitrogens with one attached hydrogen (secondary N) is 1. The van der Waals surface area contributed by atoms with Crippen LogP contribution in [0.15, 0.2) is 29.3 Å². The van der Waals surface area contributed by atoms with Crippen molar-refractivity contribution in [2.45, 2.75) is 37.0 Å². The van der Waals surface area contributed by atoms with Crippen molar-refractivity contribution in [1.29, 1.82) is 0 Å². The lowest BCUT2D eigenvalue weighted by Gasteiger charge is -2.18. The molecule has 1 aromatic carbocycles. The van der Waals surface area contributed by atoms with Gasteiger partial charge in [-0.1, -0.05) is 6.07 Å². The van der Waals surface area contributed by atoms with E-state index in [1.807, 2.05) is 0 Å². The van der Waals surface area contributed by atoms with Crippen LogP contribution in [0.4, 0.5) is 8.78 Å². The van der Waals surface area contributed by atoms with Crippen LogP contribution in [-0.4, -0.2) is 14.0 Å². The number of rotatable bonds is 3. The van der Waals surface area contributed by atoms with E-state index >= 15 is 0 Å². The summed E-state index contributed by atoms with van der Waals surface area (Å²) in [4.78, 5) is 5.15. The van der Waals surface area contributed by atoms with Crippen molar-refractivity contribution in [2.24, 2.45) is 0 Å². The maximum atomic E-state index is 14.0. The average Bonchev–Trinajstić information content (AvgIpc) is 3.08. The Bertz CT molecular complexity index is 716. The molecular formula is C14H15F2NO3S. The molecule has 0 unspecified atom stereocenters. The van der Waals surface area contributed by atoms with E-state index in [-0.39, 0.29) is 23.4 Å². The molecule has 1 saturated carbocycles. The summed E-state index contributed by atoms with van der Waals surface area (Å²) in [5.74, 6) is -1.68. The molecule has 1 heterocycles. The molecule has 0 aromatic heterocycles. The Hall–Kier alpha value is -1.47. The van der Waals surface area contributed by atoms with Gasteiger partial charge in [0.05, 0.1) is 0 Å². The zero-order valence-corrected chi connectivity index (χ0v) is 12.4. The van der Waals surface area contributed by atoms with E-state index in [4.69, 9.17) is 4.84 Å². The van der Waals surface area contributed by atoms with Crippen molar-refractivity contribution in [1.82, 2.24) is 5.48 Å². The smallest absolute Gasteiger partial charge is 0.205 e. The highest BCUT2D eigenvalue weighted by Crippen LogP contribution is 2.56. The van der Waals surface area contributed by atoms with E-state index in [2.05, 4.69) is 5.48 Å². The first-order valence-electron chi connectivity index (χ1n) is 6.56. The van der Waals surface area contributed by atoms with Gasteiger partial charge in [-0.2, -0.15) is 0 Å². The largest absolute Gasteiger partial charge is 0.265 e. The van der Waals surface area contributed by atoms with Crippen LogP contribution >= 0.6 is 0 Å². The standard InChI is InChI=1S/C14H15F2NO3S/c1-13(2)8-11(17-20-13)21(18,19)14(6-7-14)12-9(15)4-3-5-10(12)16/h3-5,8,17H,6-7H2,1-2H3. The molecule has 4 nitrogen and oxygen atoms in total. The fraction of sp³-hybridized carbons (Fsp3) is 0.429. The van der Waals surface area contributed by atoms with Gasteiger partial charge in [-0.3, -0.25) is 10.3 Å². The van der Waals surface area contributed by atoms with Crippen molar-refractivity contribution in [3.05, 3.63) is 46.5 Å². The van der Waals surface area contributed by atoms with Gasteiger partial charge in [-0.05, 0) is 44.9 Å². The van der Waals surface area contributed by atoms with Crippen LogP contribution in [0.1, 0.15) is 32.3 Å². The van der Waals surface area contributed by atoms with Crippen molar-refractivity contribution < 1.29 is 22.0 Å². The molecule has 0 saturated heterocycles. The maximum Gasteiger partial charge on any atom is 0.205 e. The van der Waals surface area contributed by atoms with E-state index in [1.54, 1.807) is 13.8 Å². The van der Waals surface area contributed by atoms with E-state index in [9.17, 15) is 17.2 Å². The zero-order valence-electron chi connectivity index (χ0n) is 11.6. The fourth-order valence-corrected chi connectivity index (χ4v) is 4.71. The zero-order chi connectivity index (χ0) is 15.5. The summed E-state index contributed by atoms with van der Waals surface area (Å²) in [6, 6.07) is 3.37. The lowest BCUT2D eigenvalue weighted by Crippen LogP contribution is -2.29. The molecule has 1 aliphatic heterocycles. The molecule has 0 atom stereocenters. The van der Waals surface area contributed by atoms with Crippen LogP contribution in [-0.2, 0) is 19.4 Å². The highest BCUT2D eigenvalue weighted by Gasteiger charge is 2.60. The fourth-order valence-electron chi connectivity index (χ4n) is 2.60. The molecule has 0 radical (unpaired) electrons. The minimum Gasteiger partial charge on any atom is -0.265 e. The minimum absolute atomic E-state index is 0.132. The monoisotopic (exact) mass is 315 g/mol. The first-order valence-corrected chi connectivity index (χ1v) is 8.04. The highest BCUT2D eigenvalue weighted by atomic mass is 32.2. The number of hydrogen-bond acceptors (Lipinski definition) is 4. The maximum absolute atomic E-state index is 14.0. The van der Waals surface area contributed by atoms with Crippen molar-refractivity contribution in [3.63, 3.8) is 0 Å². The van der Waals surface area contributed by atoms with Crippen molar-refractivity contribution >= 4 is 9.84 Å².